The van der Waals surface area contributed by atoms with Gasteiger partial charge in [-0.2, -0.15) is 0 Å². The Labute approximate surface area is 73.1 Å². The predicted molar refractivity (Wildman–Crippen MR) is 39.6 cm³/mol. The number of rotatable bonds is 4. The monoisotopic (exact) mass is 196 g/mol. The number of alkyl halides is 2. The van der Waals surface area contributed by atoms with Crippen molar-refractivity contribution in [3.8, 4) is 0 Å². The number of carboxylic acid groups (broad SMARTS) is 1. The van der Waals surface area contributed by atoms with Crippen LogP contribution in [0.25, 0.3) is 0 Å². The van der Waals surface area contributed by atoms with Crippen molar-refractivity contribution in [3.05, 3.63) is 0 Å². The zero-order valence-corrected chi connectivity index (χ0v) is 6.88. The van der Waals surface area contributed by atoms with Gasteiger partial charge in [0.2, 0.25) is 0 Å². The van der Waals surface area contributed by atoms with E-state index in [1.54, 1.807) is 5.32 Å². The lowest BCUT2D eigenvalue weighted by molar-refractivity contribution is -0.138. The van der Waals surface area contributed by atoms with Crippen molar-refractivity contribution in [3.63, 3.8) is 0 Å². The van der Waals surface area contributed by atoms with Gasteiger partial charge in [0.05, 0.1) is 6.54 Å². The van der Waals surface area contributed by atoms with Crippen molar-refractivity contribution in [1.29, 1.82) is 0 Å². The third kappa shape index (κ3) is 5.83. The molecule has 0 aromatic rings. The number of hydrogen-bond donors (Lipinski definition) is 3. The molecule has 0 saturated carbocycles. The molecule has 3 N–H and O–H groups in total. The molecule has 0 aliphatic rings. The number of carbonyl (C=O) groups is 2. The summed E-state index contributed by atoms with van der Waals surface area (Å²) < 4.78 is 23.1. The standard InChI is InChI=1S/C6H10F2N2O3/c1-3(5(11)12)10-6(13)9-2-4(7)8/h3-4H,2H2,1H3,(H,11,12)(H2,9,10,13). The van der Waals surface area contributed by atoms with E-state index in [4.69, 9.17) is 5.11 Å². The highest BCUT2D eigenvalue weighted by atomic mass is 19.3. The molecule has 0 heterocycles. The topological polar surface area (TPSA) is 78.4 Å². The number of halogens is 2. The van der Waals surface area contributed by atoms with Gasteiger partial charge >= 0.3 is 12.0 Å². The van der Waals surface area contributed by atoms with Gasteiger partial charge in [-0.25, -0.2) is 13.6 Å². The van der Waals surface area contributed by atoms with Gasteiger partial charge < -0.3 is 15.7 Å². The Balaban J connectivity index is 3.68. The molecule has 0 spiro atoms. The summed E-state index contributed by atoms with van der Waals surface area (Å²) in [7, 11) is 0. The summed E-state index contributed by atoms with van der Waals surface area (Å²) in [5.74, 6) is -1.23. The second-order valence-electron chi connectivity index (χ2n) is 2.31. The summed E-state index contributed by atoms with van der Waals surface area (Å²) in [5.41, 5.74) is 0. The lowest BCUT2D eigenvalue weighted by Gasteiger charge is -2.09. The minimum absolute atomic E-state index is 0.793. The molecular weight excluding hydrogens is 186 g/mol. The molecular formula is C6H10F2N2O3. The maximum absolute atomic E-state index is 11.5. The molecule has 0 aliphatic carbocycles. The van der Waals surface area contributed by atoms with Crippen molar-refractivity contribution >= 4 is 12.0 Å². The van der Waals surface area contributed by atoms with E-state index < -0.39 is 31.0 Å². The quantitative estimate of drug-likeness (QED) is 0.593. The minimum atomic E-state index is -2.65. The summed E-state index contributed by atoms with van der Waals surface area (Å²) in [6.45, 7) is 0.433. The van der Waals surface area contributed by atoms with Gasteiger partial charge in [0.25, 0.3) is 6.43 Å². The van der Waals surface area contributed by atoms with Gasteiger partial charge in [-0.15, -0.1) is 0 Å². The van der Waals surface area contributed by atoms with Crippen molar-refractivity contribution in [2.24, 2.45) is 0 Å². The molecule has 0 bridgehead atoms. The van der Waals surface area contributed by atoms with Gasteiger partial charge in [-0.05, 0) is 6.92 Å². The Bertz CT molecular complexity index is 198. The summed E-state index contributed by atoms with van der Waals surface area (Å²) in [5, 5.41) is 12.1. The van der Waals surface area contributed by atoms with E-state index in [2.05, 4.69) is 0 Å². The van der Waals surface area contributed by atoms with E-state index in [9.17, 15) is 18.4 Å². The lowest BCUT2D eigenvalue weighted by atomic mass is 10.3. The summed E-state index contributed by atoms with van der Waals surface area (Å²) in [4.78, 5) is 20.8. The minimum Gasteiger partial charge on any atom is -0.480 e. The first kappa shape index (κ1) is 11.6. The first-order chi connectivity index (χ1) is 5.93. The molecule has 0 saturated heterocycles. The van der Waals surface area contributed by atoms with Crippen LogP contribution in [0.15, 0.2) is 0 Å². The van der Waals surface area contributed by atoms with Crippen molar-refractivity contribution in [2.45, 2.75) is 19.4 Å². The molecule has 1 unspecified atom stereocenters. The molecule has 13 heavy (non-hydrogen) atoms. The van der Waals surface area contributed by atoms with Crippen LogP contribution in [0, 0.1) is 0 Å². The number of carboxylic acids is 1. The summed E-state index contributed by atoms with van der Waals surface area (Å²) in [6, 6.07) is -2.02. The van der Waals surface area contributed by atoms with Gasteiger partial charge in [0.1, 0.15) is 6.04 Å². The Hall–Kier alpha value is -1.40. The van der Waals surface area contributed by atoms with E-state index in [0.717, 1.165) is 0 Å². The smallest absolute Gasteiger partial charge is 0.325 e. The number of hydrogen-bond acceptors (Lipinski definition) is 2. The van der Waals surface area contributed by atoms with Crippen LogP contribution in [0.2, 0.25) is 0 Å². The highest BCUT2D eigenvalue weighted by molar-refractivity contribution is 5.82. The average Bonchev–Trinajstić information content (AvgIpc) is 2.00. The predicted octanol–water partition coefficient (Wildman–Crippen LogP) is 0.0238. The van der Waals surface area contributed by atoms with Crippen LogP contribution in [0.1, 0.15) is 6.92 Å². The zero-order valence-electron chi connectivity index (χ0n) is 6.88. The SMILES string of the molecule is CC(NC(=O)NCC(F)F)C(=O)O. The largest absolute Gasteiger partial charge is 0.480 e. The normalized spacial score (nSPS) is 12.3. The van der Waals surface area contributed by atoms with E-state index in [-0.39, 0.29) is 0 Å². The Morgan fingerprint density at radius 3 is 2.38 bits per heavy atom. The molecule has 0 aliphatic heterocycles. The second-order valence-corrected chi connectivity index (χ2v) is 2.31. The van der Waals surface area contributed by atoms with Crippen molar-refractivity contribution in [1.82, 2.24) is 10.6 Å². The van der Waals surface area contributed by atoms with Gasteiger partial charge in [-0.3, -0.25) is 4.79 Å². The molecule has 2 amide bonds. The van der Waals surface area contributed by atoms with Crippen LogP contribution in [0.4, 0.5) is 13.6 Å². The molecule has 0 aromatic heterocycles. The Kier molecular flexibility index (Phi) is 4.71. The van der Waals surface area contributed by atoms with E-state index in [1.807, 2.05) is 5.32 Å². The highest BCUT2D eigenvalue weighted by Crippen LogP contribution is 1.87. The zero-order chi connectivity index (χ0) is 10.4. The number of urea groups is 1. The van der Waals surface area contributed by atoms with E-state index in [1.165, 1.54) is 6.92 Å². The maximum atomic E-state index is 11.5. The van der Waals surface area contributed by atoms with Gasteiger partial charge in [0, 0.05) is 0 Å². The van der Waals surface area contributed by atoms with Crippen LogP contribution in [0.5, 0.6) is 0 Å². The Morgan fingerprint density at radius 1 is 1.46 bits per heavy atom. The lowest BCUT2D eigenvalue weighted by Crippen LogP contribution is -2.45. The Morgan fingerprint density at radius 2 is 2.00 bits per heavy atom. The number of nitrogens with one attached hydrogen (secondary N) is 2. The van der Waals surface area contributed by atoms with Crippen LogP contribution in [0.3, 0.4) is 0 Å². The molecule has 5 nitrogen and oxygen atoms in total. The molecule has 1 atom stereocenters. The third-order valence-electron chi connectivity index (χ3n) is 1.13. The van der Waals surface area contributed by atoms with Crippen LogP contribution in [-0.2, 0) is 4.79 Å². The highest BCUT2D eigenvalue weighted by Gasteiger charge is 2.14. The summed E-state index contributed by atoms with van der Waals surface area (Å²) in [6.07, 6.45) is -2.65. The van der Waals surface area contributed by atoms with Crippen LogP contribution < -0.4 is 10.6 Å². The van der Waals surface area contributed by atoms with Crippen molar-refractivity contribution < 1.29 is 23.5 Å². The fraction of sp³-hybridized carbons (Fsp3) is 0.667. The van der Waals surface area contributed by atoms with Crippen LogP contribution in [-0.4, -0.2) is 36.1 Å². The molecule has 0 rings (SSSR count). The third-order valence-corrected chi connectivity index (χ3v) is 1.13. The first-order valence-electron chi connectivity index (χ1n) is 3.48. The molecule has 0 fully saturated rings. The average molecular weight is 196 g/mol. The van der Waals surface area contributed by atoms with Gasteiger partial charge in [-0.1, -0.05) is 0 Å². The van der Waals surface area contributed by atoms with Crippen molar-refractivity contribution in [2.75, 3.05) is 6.54 Å². The maximum Gasteiger partial charge on any atom is 0.325 e. The fourth-order valence-electron chi connectivity index (χ4n) is 0.479. The molecule has 0 radical (unpaired) electrons. The van der Waals surface area contributed by atoms with E-state index in [0.29, 0.717) is 0 Å². The summed E-state index contributed by atoms with van der Waals surface area (Å²) >= 11 is 0. The second kappa shape index (κ2) is 5.28. The molecule has 76 valence electrons. The fourth-order valence-corrected chi connectivity index (χ4v) is 0.479. The molecule has 0 aromatic carbocycles. The number of amides is 2. The van der Waals surface area contributed by atoms with Crippen LogP contribution >= 0.6 is 0 Å². The van der Waals surface area contributed by atoms with E-state index >= 15 is 0 Å². The molecule has 7 heteroatoms. The first-order valence-corrected chi connectivity index (χ1v) is 3.48. The number of aliphatic carboxylic acids is 1. The van der Waals surface area contributed by atoms with Gasteiger partial charge in [0.15, 0.2) is 0 Å². The number of carbonyl (C=O) groups excluding carboxylic acids is 1.